The Balaban J connectivity index is 1.91. The highest BCUT2D eigenvalue weighted by Gasteiger charge is 2.33. The number of thioether (sulfide) groups is 1. The second-order valence-electron chi connectivity index (χ2n) is 5.46. The molecule has 0 radical (unpaired) electrons. The third kappa shape index (κ3) is 3.41. The number of para-hydroxylation sites is 1. The van der Waals surface area contributed by atoms with E-state index in [1.807, 2.05) is 73.6 Å². The van der Waals surface area contributed by atoms with Crippen LogP contribution in [-0.4, -0.2) is 24.3 Å². The van der Waals surface area contributed by atoms with Crippen molar-refractivity contribution in [3.8, 4) is 0 Å². The normalized spacial score (nSPS) is 16.1. The van der Waals surface area contributed by atoms with Crippen LogP contribution in [0.15, 0.2) is 57.9 Å². The van der Waals surface area contributed by atoms with Crippen molar-refractivity contribution in [2.45, 2.75) is 0 Å². The summed E-state index contributed by atoms with van der Waals surface area (Å²) < 4.78 is 1.54. The minimum absolute atomic E-state index is 0.0796. The van der Waals surface area contributed by atoms with Crippen molar-refractivity contribution < 1.29 is 4.79 Å². The Hall–Kier alpha value is -1.63. The van der Waals surface area contributed by atoms with Gasteiger partial charge in [-0.3, -0.25) is 9.69 Å². The maximum Gasteiger partial charge on any atom is 0.270 e. The summed E-state index contributed by atoms with van der Waals surface area (Å²) >= 11 is 10.3. The van der Waals surface area contributed by atoms with Gasteiger partial charge in [0.1, 0.15) is 0 Å². The van der Waals surface area contributed by atoms with E-state index in [-0.39, 0.29) is 5.91 Å². The van der Waals surface area contributed by atoms with E-state index in [9.17, 15) is 4.79 Å². The molecule has 1 aliphatic rings. The molecule has 1 amide bonds. The highest BCUT2D eigenvalue weighted by Crippen LogP contribution is 2.36. The van der Waals surface area contributed by atoms with Crippen molar-refractivity contribution in [2.24, 2.45) is 0 Å². The zero-order valence-electron chi connectivity index (χ0n) is 13.2. The number of hydrogen-bond donors (Lipinski definition) is 0. The number of hydrogen-bond acceptors (Lipinski definition) is 4. The standard InChI is InChI=1S/C18H15BrN2OS2/c1-20(2)15-9-8-12(10-14(15)19)11-16-17(22)21(18(23)24-16)13-6-4-3-5-7-13/h3-11H,1-2H3/b16-11+. The van der Waals surface area contributed by atoms with Crippen molar-refractivity contribution in [1.29, 1.82) is 0 Å². The monoisotopic (exact) mass is 418 g/mol. The molecular weight excluding hydrogens is 404 g/mol. The van der Waals surface area contributed by atoms with Gasteiger partial charge in [0.2, 0.25) is 0 Å². The minimum atomic E-state index is -0.0796. The highest BCUT2D eigenvalue weighted by molar-refractivity contribution is 9.10. The molecule has 0 aliphatic carbocycles. The molecule has 0 bridgehead atoms. The van der Waals surface area contributed by atoms with Gasteiger partial charge < -0.3 is 4.90 Å². The van der Waals surface area contributed by atoms with Gasteiger partial charge in [0.05, 0.1) is 16.3 Å². The van der Waals surface area contributed by atoms with Gasteiger partial charge in [-0.05, 0) is 51.8 Å². The number of nitrogens with zero attached hydrogens (tertiary/aromatic N) is 2. The molecule has 0 saturated carbocycles. The van der Waals surface area contributed by atoms with Crippen molar-refractivity contribution in [2.75, 3.05) is 23.9 Å². The quantitative estimate of drug-likeness (QED) is 0.521. The first-order valence-corrected chi connectivity index (χ1v) is 9.29. The van der Waals surface area contributed by atoms with Gasteiger partial charge in [0.25, 0.3) is 5.91 Å². The molecule has 0 aromatic heterocycles. The van der Waals surface area contributed by atoms with Crippen LogP contribution in [-0.2, 0) is 4.79 Å². The van der Waals surface area contributed by atoms with Gasteiger partial charge in [0, 0.05) is 18.6 Å². The summed E-state index contributed by atoms with van der Waals surface area (Å²) in [5.74, 6) is -0.0796. The molecule has 2 aromatic carbocycles. The first-order chi connectivity index (χ1) is 11.5. The Bertz CT molecular complexity index is 834. The van der Waals surface area contributed by atoms with E-state index in [0.717, 1.165) is 21.4 Å². The van der Waals surface area contributed by atoms with Crippen molar-refractivity contribution >= 4 is 67.6 Å². The molecule has 1 saturated heterocycles. The van der Waals surface area contributed by atoms with Gasteiger partial charge in [-0.15, -0.1) is 0 Å². The van der Waals surface area contributed by atoms with Crippen molar-refractivity contribution in [3.05, 3.63) is 63.5 Å². The maximum atomic E-state index is 12.7. The summed E-state index contributed by atoms with van der Waals surface area (Å²) in [6, 6.07) is 15.5. The first-order valence-electron chi connectivity index (χ1n) is 7.27. The molecule has 0 N–H and O–H groups in total. The fourth-order valence-electron chi connectivity index (χ4n) is 2.39. The average molecular weight is 419 g/mol. The van der Waals surface area contributed by atoms with Gasteiger partial charge >= 0.3 is 0 Å². The largest absolute Gasteiger partial charge is 0.377 e. The number of halogens is 1. The van der Waals surface area contributed by atoms with Crippen LogP contribution in [0.5, 0.6) is 0 Å². The molecule has 0 atom stereocenters. The lowest BCUT2D eigenvalue weighted by atomic mass is 10.2. The van der Waals surface area contributed by atoms with Gasteiger partial charge in [0.15, 0.2) is 4.32 Å². The van der Waals surface area contributed by atoms with Crippen LogP contribution >= 0.6 is 39.9 Å². The summed E-state index contributed by atoms with van der Waals surface area (Å²) in [6.45, 7) is 0. The zero-order valence-corrected chi connectivity index (χ0v) is 16.4. The fourth-order valence-corrected chi connectivity index (χ4v) is 4.44. The van der Waals surface area contributed by atoms with E-state index in [2.05, 4.69) is 15.9 Å². The topological polar surface area (TPSA) is 23.6 Å². The molecule has 3 nitrogen and oxygen atoms in total. The van der Waals surface area contributed by atoms with Gasteiger partial charge in [-0.2, -0.15) is 0 Å². The molecule has 122 valence electrons. The fraction of sp³-hybridized carbons (Fsp3) is 0.111. The predicted octanol–water partition coefficient (Wildman–Crippen LogP) is 4.92. The molecule has 1 heterocycles. The van der Waals surface area contributed by atoms with Crippen molar-refractivity contribution in [3.63, 3.8) is 0 Å². The minimum Gasteiger partial charge on any atom is -0.377 e. The number of benzene rings is 2. The lowest BCUT2D eigenvalue weighted by Crippen LogP contribution is -2.27. The van der Waals surface area contributed by atoms with E-state index in [1.165, 1.54) is 11.8 Å². The summed E-state index contributed by atoms with van der Waals surface area (Å²) in [5.41, 5.74) is 2.84. The lowest BCUT2D eigenvalue weighted by molar-refractivity contribution is -0.113. The molecule has 24 heavy (non-hydrogen) atoms. The van der Waals surface area contributed by atoms with E-state index < -0.39 is 0 Å². The SMILES string of the molecule is CN(C)c1ccc(/C=C2/SC(=S)N(c3ccccc3)C2=O)cc1Br. The molecule has 1 fully saturated rings. The van der Waals surface area contributed by atoms with Gasteiger partial charge in [-0.1, -0.05) is 48.2 Å². The summed E-state index contributed by atoms with van der Waals surface area (Å²) in [6.07, 6.45) is 1.88. The number of amides is 1. The van der Waals surface area contributed by atoms with Crippen LogP contribution < -0.4 is 9.80 Å². The highest BCUT2D eigenvalue weighted by atomic mass is 79.9. The van der Waals surface area contributed by atoms with E-state index in [0.29, 0.717) is 9.23 Å². The zero-order chi connectivity index (χ0) is 17.3. The third-order valence-electron chi connectivity index (χ3n) is 3.56. The number of thiocarbonyl (C=S) groups is 1. The Morgan fingerprint density at radius 2 is 1.88 bits per heavy atom. The van der Waals surface area contributed by atoms with E-state index >= 15 is 0 Å². The van der Waals surface area contributed by atoms with E-state index in [1.54, 1.807) is 4.90 Å². The molecule has 2 aromatic rings. The molecule has 0 spiro atoms. The lowest BCUT2D eigenvalue weighted by Gasteiger charge is -2.15. The number of carbonyl (C=O) groups excluding carboxylic acids is 1. The van der Waals surface area contributed by atoms with Gasteiger partial charge in [-0.25, -0.2) is 0 Å². The molecule has 1 aliphatic heterocycles. The Morgan fingerprint density at radius 3 is 2.50 bits per heavy atom. The van der Waals surface area contributed by atoms with Crippen LogP contribution in [0.2, 0.25) is 0 Å². The smallest absolute Gasteiger partial charge is 0.270 e. The Kier molecular flexibility index (Phi) is 5.08. The van der Waals surface area contributed by atoms with Crippen LogP contribution in [0.1, 0.15) is 5.56 Å². The summed E-state index contributed by atoms with van der Waals surface area (Å²) in [7, 11) is 3.98. The average Bonchev–Trinajstić information content (AvgIpc) is 2.82. The van der Waals surface area contributed by atoms with E-state index in [4.69, 9.17) is 12.2 Å². The molecule has 3 rings (SSSR count). The molecular formula is C18H15BrN2OS2. The second-order valence-corrected chi connectivity index (χ2v) is 7.99. The molecule has 0 unspecified atom stereocenters. The molecule has 6 heteroatoms. The van der Waals surface area contributed by atoms with Crippen LogP contribution in [0.4, 0.5) is 11.4 Å². The van der Waals surface area contributed by atoms with Crippen LogP contribution in [0.25, 0.3) is 6.08 Å². The second kappa shape index (κ2) is 7.09. The summed E-state index contributed by atoms with van der Waals surface area (Å²) in [4.78, 5) is 17.0. The summed E-state index contributed by atoms with van der Waals surface area (Å²) in [5, 5.41) is 0. The Labute approximate surface area is 159 Å². The predicted molar refractivity (Wildman–Crippen MR) is 111 cm³/mol. The first kappa shape index (κ1) is 17.2. The third-order valence-corrected chi connectivity index (χ3v) is 5.50. The van der Waals surface area contributed by atoms with Crippen molar-refractivity contribution in [1.82, 2.24) is 0 Å². The number of anilines is 2. The number of carbonyl (C=O) groups is 1. The van der Waals surface area contributed by atoms with Crippen LogP contribution in [0, 0.1) is 0 Å². The Morgan fingerprint density at radius 1 is 1.17 bits per heavy atom. The number of rotatable bonds is 3. The maximum absolute atomic E-state index is 12.7. The van der Waals surface area contributed by atoms with Crippen LogP contribution in [0.3, 0.4) is 0 Å².